The summed E-state index contributed by atoms with van der Waals surface area (Å²) in [6.45, 7) is 0. The average Bonchev–Trinajstić information content (AvgIpc) is 2.80. The minimum absolute atomic E-state index is 0.0863. The second-order valence-corrected chi connectivity index (χ2v) is 7.33. The maximum Gasteiger partial charge on any atom is 0.330 e. The Morgan fingerprint density at radius 3 is 2.50 bits per heavy atom. The van der Waals surface area contributed by atoms with E-state index in [1.54, 1.807) is 11.8 Å². The molecular weight excluding hydrogens is 270 g/mol. The van der Waals surface area contributed by atoms with Gasteiger partial charge in [0.1, 0.15) is 5.54 Å². The van der Waals surface area contributed by atoms with Gasteiger partial charge < -0.3 is 10.4 Å². The Kier molecular flexibility index (Phi) is 4.84. The number of nitrogens with one attached hydrogen (secondary N) is 1. The molecule has 2 N–H and O–H groups in total. The Balaban J connectivity index is 1.87. The van der Waals surface area contributed by atoms with Crippen LogP contribution in [-0.2, 0) is 9.59 Å². The van der Waals surface area contributed by atoms with Crippen LogP contribution in [0.15, 0.2) is 0 Å². The molecule has 0 bridgehead atoms. The Morgan fingerprint density at radius 2 is 1.94 bits per heavy atom. The number of hydrogen-bond donors (Lipinski definition) is 2. The van der Waals surface area contributed by atoms with Crippen molar-refractivity contribution in [2.24, 2.45) is 5.92 Å². The first-order valence-corrected chi connectivity index (χ1v) is 8.63. The number of carbonyl (C=O) groups excluding carboxylic acids is 1. The summed E-state index contributed by atoms with van der Waals surface area (Å²) in [5, 5.41) is 12.1. The van der Waals surface area contributed by atoms with Crippen molar-refractivity contribution in [1.82, 2.24) is 5.32 Å². The van der Waals surface area contributed by atoms with Crippen molar-refractivity contribution >= 4 is 35.4 Å². The van der Waals surface area contributed by atoms with Crippen LogP contribution in [0.4, 0.5) is 0 Å². The summed E-state index contributed by atoms with van der Waals surface area (Å²) in [6, 6.07) is 0. The first kappa shape index (κ1) is 14.1. The van der Waals surface area contributed by atoms with E-state index >= 15 is 0 Å². The minimum atomic E-state index is -1.01. The fourth-order valence-electron chi connectivity index (χ4n) is 2.42. The van der Waals surface area contributed by atoms with E-state index in [-0.39, 0.29) is 5.91 Å². The second-order valence-electron chi connectivity index (χ2n) is 5.00. The quantitative estimate of drug-likeness (QED) is 0.823. The topological polar surface area (TPSA) is 66.4 Å². The summed E-state index contributed by atoms with van der Waals surface area (Å²) in [6.07, 6.45) is 3.18. The van der Waals surface area contributed by atoms with Crippen LogP contribution in [-0.4, -0.2) is 45.5 Å². The number of rotatable bonds is 4. The number of aliphatic carboxylic acids is 1. The van der Waals surface area contributed by atoms with Gasteiger partial charge in [0, 0.05) is 12.2 Å². The van der Waals surface area contributed by atoms with Gasteiger partial charge in [0.2, 0.25) is 5.91 Å². The van der Waals surface area contributed by atoms with Gasteiger partial charge in [-0.2, -0.15) is 23.5 Å². The van der Waals surface area contributed by atoms with Crippen LogP contribution in [0.25, 0.3) is 0 Å². The molecule has 6 heteroatoms. The predicted octanol–water partition coefficient (Wildman–Crippen LogP) is 1.60. The molecule has 2 saturated heterocycles. The molecular formula is C12H19NO3S2. The van der Waals surface area contributed by atoms with Gasteiger partial charge in [0.25, 0.3) is 0 Å². The van der Waals surface area contributed by atoms with Crippen molar-refractivity contribution in [2.45, 2.75) is 31.2 Å². The van der Waals surface area contributed by atoms with Crippen LogP contribution in [0.1, 0.15) is 25.7 Å². The van der Waals surface area contributed by atoms with E-state index in [1.807, 2.05) is 11.8 Å². The fourth-order valence-corrected chi connectivity index (χ4v) is 4.95. The van der Waals surface area contributed by atoms with Gasteiger partial charge in [-0.25, -0.2) is 4.79 Å². The van der Waals surface area contributed by atoms with Crippen LogP contribution in [0.3, 0.4) is 0 Å². The normalized spacial score (nSPS) is 29.1. The van der Waals surface area contributed by atoms with Gasteiger partial charge in [0.05, 0.1) is 0 Å². The van der Waals surface area contributed by atoms with Crippen LogP contribution in [0.5, 0.6) is 0 Å². The highest BCUT2D eigenvalue weighted by Gasteiger charge is 2.43. The van der Waals surface area contributed by atoms with Gasteiger partial charge >= 0.3 is 5.97 Å². The molecule has 0 aromatic carbocycles. The molecule has 4 nitrogen and oxygen atoms in total. The van der Waals surface area contributed by atoms with Gasteiger partial charge in [0.15, 0.2) is 0 Å². The molecule has 0 spiro atoms. The van der Waals surface area contributed by atoms with Crippen LogP contribution < -0.4 is 5.32 Å². The molecule has 0 aromatic heterocycles. The van der Waals surface area contributed by atoms with E-state index in [0.717, 1.165) is 30.1 Å². The van der Waals surface area contributed by atoms with Gasteiger partial charge in [-0.3, -0.25) is 4.79 Å². The average molecular weight is 289 g/mol. The first-order valence-electron chi connectivity index (χ1n) is 6.32. The zero-order chi connectivity index (χ0) is 13.0. The van der Waals surface area contributed by atoms with Crippen LogP contribution >= 0.6 is 23.5 Å². The van der Waals surface area contributed by atoms with Crippen LogP contribution in [0.2, 0.25) is 0 Å². The largest absolute Gasteiger partial charge is 0.479 e. The SMILES string of the molecule is O=C(CC1CCSCC1)NC1(C(=O)O)CCSC1. The molecule has 0 aliphatic carbocycles. The highest BCUT2D eigenvalue weighted by Crippen LogP contribution is 2.29. The van der Waals surface area contributed by atoms with E-state index in [1.165, 1.54) is 0 Å². The summed E-state index contributed by atoms with van der Waals surface area (Å²) < 4.78 is 0. The molecule has 1 amide bonds. The predicted molar refractivity (Wildman–Crippen MR) is 75.1 cm³/mol. The van der Waals surface area contributed by atoms with Gasteiger partial charge in [-0.05, 0) is 42.4 Å². The summed E-state index contributed by atoms with van der Waals surface area (Å²) in [5.74, 6) is 3.01. The summed E-state index contributed by atoms with van der Waals surface area (Å²) in [5.41, 5.74) is -1.01. The van der Waals surface area contributed by atoms with Crippen molar-refractivity contribution in [1.29, 1.82) is 0 Å². The van der Waals surface area contributed by atoms with E-state index in [0.29, 0.717) is 24.5 Å². The zero-order valence-corrected chi connectivity index (χ0v) is 11.9. The highest BCUT2D eigenvalue weighted by molar-refractivity contribution is 7.99. The van der Waals surface area contributed by atoms with Gasteiger partial charge in [-0.15, -0.1) is 0 Å². The van der Waals surface area contributed by atoms with Crippen molar-refractivity contribution in [2.75, 3.05) is 23.0 Å². The molecule has 0 radical (unpaired) electrons. The lowest BCUT2D eigenvalue weighted by Crippen LogP contribution is -2.55. The maximum atomic E-state index is 12.0. The number of carboxylic acid groups (broad SMARTS) is 1. The zero-order valence-electron chi connectivity index (χ0n) is 10.3. The molecule has 2 rings (SSSR count). The summed E-state index contributed by atoms with van der Waals surface area (Å²) in [7, 11) is 0. The number of amides is 1. The molecule has 2 heterocycles. The molecule has 2 fully saturated rings. The first-order chi connectivity index (χ1) is 8.62. The molecule has 18 heavy (non-hydrogen) atoms. The maximum absolute atomic E-state index is 12.0. The molecule has 1 unspecified atom stereocenters. The lowest BCUT2D eigenvalue weighted by molar-refractivity contribution is -0.146. The molecule has 1 atom stereocenters. The van der Waals surface area contributed by atoms with E-state index in [9.17, 15) is 14.7 Å². The molecule has 2 aliphatic heterocycles. The number of thioether (sulfide) groups is 2. The van der Waals surface area contributed by atoms with E-state index in [4.69, 9.17) is 0 Å². The third-order valence-electron chi connectivity index (χ3n) is 3.62. The third kappa shape index (κ3) is 3.35. The number of carbonyl (C=O) groups is 2. The smallest absolute Gasteiger partial charge is 0.330 e. The molecule has 2 aliphatic rings. The van der Waals surface area contributed by atoms with E-state index < -0.39 is 11.5 Å². The number of carboxylic acids is 1. The third-order valence-corrected chi connectivity index (χ3v) is 5.86. The summed E-state index contributed by atoms with van der Waals surface area (Å²) in [4.78, 5) is 23.3. The highest BCUT2D eigenvalue weighted by atomic mass is 32.2. The molecule has 0 saturated carbocycles. The van der Waals surface area contributed by atoms with Gasteiger partial charge in [-0.1, -0.05) is 0 Å². The van der Waals surface area contributed by atoms with Crippen molar-refractivity contribution in [3.05, 3.63) is 0 Å². The summed E-state index contributed by atoms with van der Waals surface area (Å²) >= 11 is 3.53. The Morgan fingerprint density at radius 1 is 1.22 bits per heavy atom. The van der Waals surface area contributed by atoms with E-state index in [2.05, 4.69) is 5.32 Å². The lowest BCUT2D eigenvalue weighted by atomic mass is 9.95. The second kappa shape index (κ2) is 6.19. The molecule has 0 aromatic rings. The fraction of sp³-hybridized carbons (Fsp3) is 0.833. The number of hydrogen-bond acceptors (Lipinski definition) is 4. The van der Waals surface area contributed by atoms with Crippen molar-refractivity contribution in [3.63, 3.8) is 0 Å². The Hall–Kier alpha value is -0.360. The van der Waals surface area contributed by atoms with Crippen LogP contribution in [0, 0.1) is 5.92 Å². The Labute approximate surface area is 116 Å². The minimum Gasteiger partial charge on any atom is -0.479 e. The Bertz CT molecular complexity index is 323. The monoisotopic (exact) mass is 289 g/mol. The standard InChI is InChI=1S/C12H19NO3S2/c14-10(7-9-1-4-17-5-2-9)13-12(11(15)16)3-6-18-8-12/h9H,1-8H2,(H,13,14)(H,15,16). The molecule has 102 valence electrons. The van der Waals surface area contributed by atoms with Crippen molar-refractivity contribution < 1.29 is 14.7 Å². The van der Waals surface area contributed by atoms with Crippen molar-refractivity contribution in [3.8, 4) is 0 Å². The lowest BCUT2D eigenvalue weighted by Gasteiger charge is -2.27.